The van der Waals surface area contributed by atoms with E-state index in [9.17, 15) is 19.5 Å². The third-order valence-corrected chi connectivity index (χ3v) is 11.0. The molecule has 1 saturated carbocycles. The molecule has 0 aromatic heterocycles. The summed E-state index contributed by atoms with van der Waals surface area (Å²) in [6, 6.07) is 15.9. The Hall–Kier alpha value is -4.28. The number of hydrogen-bond acceptors (Lipinski definition) is 7. The lowest BCUT2D eigenvalue weighted by Gasteiger charge is -2.42. The molecule has 7 rings (SSSR count). The minimum atomic E-state index is -1.42. The average Bonchev–Trinajstić information content (AvgIpc) is 3.77. The van der Waals surface area contributed by atoms with E-state index in [1.165, 1.54) is 4.90 Å². The van der Waals surface area contributed by atoms with Gasteiger partial charge in [0.15, 0.2) is 0 Å². The second-order valence-corrected chi connectivity index (χ2v) is 14.0. The Morgan fingerprint density at radius 3 is 2.37 bits per heavy atom. The van der Waals surface area contributed by atoms with Crippen molar-refractivity contribution in [3.8, 4) is 0 Å². The fraction of sp³-hybridized carbons (Fsp3) is 0.487. The number of aliphatic hydroxyl groups is 1. The van der Waals surface area contributed by atoms with Crippen molar-refractivity contribution in [3.63, 3.8) is 0 Å². The number of nitrogens with one attached hydrogen (secondary N) is 1. The highest BCUT2D eigenvalue weighted by Crippen LogP contribution is 2.57. The Balaban J connectivity index is 1.34. The Morgan fingerprint density at radius 1 is 0.939 bits per heavy atom. The predicted octanol–water partition coefficient (Wildman–Crippen LogP) is 4.17. The number of benzene rings is 2. The summed E-state index contributed by atoms with van der Waals surface area (Å²) in [5, 5.41) is 13.9. The fourth-order valence-electron chi connectivity index (χ4n) is 8.72. The van der Waals surface area contributed by atoms with E-state index in [1.54, 1.807) is 19.1 Å². The number of allylic oxidation sites excluding steroid dienone is 1. The maximum atomic E-state index is 15.2. The van der Waals surface area contributed by atoms with Crippen molar-refractivity contribution in [2.75, 3.05) is 13.2 Å². The monoisotopic (exact) mass is 667 g/mol. The van der Waals surface area contributed by atoms with Gasteiger partial charge in [0.25, 0.3) is 0 Å². The number of hydrogen-bond donors (Lipinski definition) is 2. The van der Waals surface area contributed by atoms with Gasteiger partial charge in [-0.15, -0.1) is 0 Å². The van der Waals surface area contributed by atoms with Crippen molar-refractivity contribution in [2.24, 2.45) is 11.8 Å². The van der Waals surface area contributed by atoms with Gasteiger partial charge in [0, 0.05) is 19.0 Å². The summed E-state index contributed by atoms with van der Waals surface area (Å²) in [7, 11) is 0. The van der Waals surface area contributed by atoms with Crippen LogP contribution in [0.5, 0.6) is 0 Å². The maximum absolute atomic E-state index is 15.2. The van der Waals surface area contributed by atoms with Crippen molar-refractivity contribution < 1.29 is 33.8 Å². The van der Waals surface area contributed by atoms with Crippen LogP contribution in [0.15, 0.2) is 85.0 Å². The van der Waals surface area contributed by atoms with Crippen molar-refractivity contribution in [1.82, 2.24) is 15.1 Å². The third kappa shape index (κ3) is 5.99. The molecule has 4 aliphatic heterocycles. The zero-order chi connectivity index (χ0) is 34.1. The van der Waals surface area contributed by atoms with Gasteiger partial charge in [-0.1, -0.05) is 104 Å². The van der Waals surface area contributed by atoms with Gasteiger partial charge in [0.1, 0.15) is 23.7 Å². The van der Waals surface area contributed by atoms with E-state index < -0.39 is 66.3 Å². The summed E-state index contributed by atoms with van der Waals surface area (Å²) in [6.07, 6.45) is 11.3. The molecule has 2 aromatic rings. The lowest BCUT2D eigenvalue weighted by Crippen LogP contribution is -2.58. The molecule has 49 heavy (non-hydrogen) atoms. The highest BCUT2D eigenvalue weighted by molar-refractivity contribution is 5.99. The molecule has 8 atom stereocenters. The van der Waals surface area contributed by atoms with Crippen molar-refractivity contribution in [1.29, 1.82) is 0 Å². The number of likely N-dealkylation sites (tertiary alicyclic amines) is 1. The molecule has 5 aliphatic rings. The summed E-state index contributed by atoms with van der Waals surface area (Å²) in [4.78, 5) is 60.8. The Bertz CT molecular complexity index is 1610. The van der Waals surface area contributed by atoms with Crippen molar-refractivity contribution in [2.45, 2.75) is 93.8 Å². The molecule has 2 N–H and O–H groups in total. The molecule has 5 bridgehead atoms. The number of fused-ring (bicyclic) bond motifs is 2. The Morgan fingerprint density at radius 2 is 1.65 bits per heavy atom. The highest BCUT2D eigenvalue weighted by Gasteiger charge is 2.74. The number of ether oxygens (including phenoxy) is 2. The number of carbonyl (C=O) groups is 4. The van der Waals surface area contributed by atoms with E-state index in [2.05, 4.69) is 5.32 Å². The summed E-state index contributed by atoms with van der Waals surface area (Å²) in [5.74, 6) is -3.56. The first kappa shape index (κ1) is 33.2. The molecule has 3 fully saturated rings. The van der Waals surface area contributed by atoms with E-state index in [1.807, 2.05) is 77.7 Å². The number of aliphatic hydroxyl groups excluding tert-OH is 1. The number of cyclic esters (lactones) is 1. The van der Waals surface area contributed by atoms with Crippen LogP contribution >= 0.6 is 0 Å². The molecule has 1 spiro atoms. The van der Waals surface area contributed by atoms with Crippen molar-refractivity contribution >= 4 is 23.7 Å². The minimum absolute atomic E-state index is 0.0381. The summed E-state index contributed by atoms with van der Waals surface area (Å²) < 4.78 is 12.9. The van der Waals surface area contributed by atoms with Crippen LogP contribution in [0, 0.1) is 11.8 Å². The zero-order valence-electron chi connectivity index (χ0n) is 27.9. The molecular weight excluding hydrogens is 622 g/mol. The fourth-order valence-corrected chi connectivity index (χ4v) is 8.72. The van der Waals surface area contributed by atoms with Crippen LogP contribution < -0.4 is 5.32 Å². The summed E-state index contributed by atoms with van der Waals surface area (Å²) in [6.45, 7) is 1.70. The van der Waals surface area contributed by atoms with Gasteiger partial charge in [-0.3, -0.25) is 19.2 Å². The molecule has 0 unspecified atom stereocenters. The molecule has 3 amide bonds. The molecule has 2 saturated heterocycles. The molecule has 4 heterocycles. The number of esters is 1. The molecule has 10 heteroatoms. The standard InChI is InChI=1S/C39H45N3O7/c1-25-34(27-16-8-3-9-17-27)48-38(47)32-30-21-22-39(49-30)33(32)36(45)42(29(24-43)26-14-6-2-7-15-26)35(39)37(46)41(28-18-10-4-11-19-28)23-13-5-12-20-31(44)40-25/h2-3,5-9,13-17,21-22,25,28-30,32-35,43H,4,10-12,18-20,23-24H2,1H3,(H,40,44)/b13-5-/t25-,29+,30+,32-,33-,34+,35+,39-/m0/s1. The molecule has 1 aliphatic carbocycles. The van der Waals surface area contributed by atoms with Crippen LogP contribution in [0.3, 0.4) is 0 Å². The van der Waals surface area contributed by atoms with Crippen LogP contribution in [0.2, 0.25) is 0 Å². The van der Waals surface area contributed by atoms with Gasteiger partial charge in [0.2, 0.25) is 17.7 Å². The van der Waals surface area contributed by atoms with E-state index in [-0.39, 0.29) is 24.3 Å². The quantitative estimate of drug-likeness (QED) is 0.362. The van der Waals surface area contributed by atoms with Crippen LogP contribution in [0.25, 0.3) is 0 Å². The first-order chi connectivity index (χ1) is 23.8. The second kappa shape index (κ2) is 13.9. The normalized spacial score (nSPS) is 33.7. The number of rotatable bonds is 5. The highest BCUT2D eigenvalue weighted by atomic mass is 16.6. The van der Waals surface area contributed by atoms with E-state index in [4.69, 9.17) is 9.47 Å². The van der Waals surface area contributed by atoms with Crippen LogP contribution in [0.4, 0.5) is 0 Å². The van der Waals surface area contributed by atoms with Crippen LogP contribution in [0.1, 0.15) is 75.1 Å². The topological polar surface area (TPSA) is 125 Å². The van der Waals surface area contributed by atoms with Crippen molar-refractivity contribution in [3.05, 3.63) is 96.1 Å². The Labute approximate surface area is 287 Å². The number of carbonyl (C=O) groups excluding carboxylic acids is 4. The van der Waals surface area contributed by atoms with Gasteiger partial charge in [-0.25, -0.2) is 0 Å². The van der Waals surface area contributed by atoms with Gasteiger partial charge in [0.05, 0.1) is 30.7 Å². The van der Waals surface area contributed by atoms with E-state index >= 15 is 4.79 Å². The van der Waals surface area contributed by atoms with Crippen LogP contribution in [-0.4, -0.2) is 81.6 Å². The second-order valence-electron chi connectivity index (χ2n) is 14.0. The van der Waals surface area contributed by atoms with Crippen LogP contribution in [-0.2, 0) is 28.7 Å². The van der Waals surface area contributed by atoms with Gasteiger partial charge < -0.3 is 29.7 Å². The summed E-state index contributed by atoms with van der Waals surface area (Å²) >= 11 is 0. The van der Waals surface area contributed by atoms with E-state index in [0.29, 0.717) is 24.1 Å². The molecule has 0 radical (unpaired) electrons. The lowest BCUT2D eigenvalue weighted by molar-refractivity contribution is -0.162. The predicted molar refractivity (Wildman–Crippen MR) is 180 cm³/mol. The first-order valence-electron chi connectivity index (χ1n) is 17.7. The van der Waals surface area contributed by atoms with Gasteiger partial charge in [-0.2, -0.15) is 0 Å². The zero-order valence-corrected chi connectivity index (χ0v) is 27.9. The largest absolute Gasteiger partial charge is 0.455 e. The Kier molecular flexibility index (Phi) is 9.44. The number of nitrogens with zero attached hydrogens (tertiary/aromatic N) is 2. The third-order valence-electron chi connectivity index (χ3n) is 11.0. The lowest BCUT2D eigenvalue weighted by atomic mass is 9.74. The van der Waals surface area contributed by atoms with Gasteiger partial charge in [-0.05, 0) is 37.3 Å². The molecule has 10 nitrogen and oxygen atoms in total. The smallest absolute Gasteiger partial charge is 0.313 e. The number of amides is 3. The SMILES string of the molecule is C[C@@H]1NC(=O)CC/C=C\CN(C2CCCCC2)C(=O)[C@H]2N([C@H](CO)c3ccccc3)C(=O)[C@@H]3[C@@H](C(=O)O[C@H]1c1ccccc1)[C@H]1C=C[C@]32O1. The van der Waals surface area contributed by atoms with Gasteiger partial charge >= 0.3 is 5.97 Å². The molecule has 258 valence electrons. The van der Waals surface area contributed by atoms with E-state index in [0.717, 1.165) is 32.1 Å². The summed E-state index contributed by atoms with van der Waals surface area (Å²) in [5.41, 5.74) is -0.0295. The molecule has 2 aromatic carbocycles. The maximum Gasteiger partial charge on any atom is 0.313 e. The molecular formula is C39H45N3O7. The first-order valence-corrected chi connectivity index (χ1v) is 17.7. The average molecular weight is 668 g/mol. The minimum Gasteiger partial charge on any atom is -0.455 e.